The van der Waals surface area contributed by atoms with E-state index in [2.05, 4.69) is 15.9 Å². The van der Waals surface area contributed by atoms with Crippen molar-refractivity contribution in [2.45, 2.75) is 6.92 Å². The van der Waals surface area contributed by atoms with E-state index in [9.17, 15) is 4.39 Å². The fourth-order valence-corrected chi connectivity index (χ4v) is 1.73. The molecule has 11 heavy (non-hydrogen) atoms. The molecule has 0 aliphatic rings. The van der Waals surface area contributed by atoms with Crippen molar-refractivity contribution in [2.75, 3.05) is 5.73 Å². The van der Waals surface area contributed by atoms with Gasteiger partial charge in [-0.3, -0.25) is 0 Å². The lowest BCUT2D eigenvalue weighted by atomic mass is 10.2. The number of nitrogens with two attached hydrogens (primary N) is 1. The molecular formula is C7H6BrFIN. The van der Waals surface area contributed by atoms with E-state index in [1.165, 1.54) is 6.07 Å². The standard InChI is InChI=1S/C7H6BrFIN/c1-3-6(8)4(9)2-5(10)7(3)11/h2H,11H2,1H3. The molecule has 0 spiro atoms. The van der Waals surface area contributed by atoms with E-state index >= 15 is 0 Å². The molecule has 0 saturated heterocycles. The molecule has 0 heterocycles. The van der Waals surface area contributed by atoms with E-state index in [0.717, 1.165) is 9.13 Å². The van der Waals surface area contributed by atoms with Crippen LogP contribution in [-0.4, -0.2) is 0 Å². The molecule has 1 aromatic carbocycles. The lowest BCUT2D eigenvalue weighted by Crippen LogP contribution is -1.96. The molecule has 1 nitrogen and oxygen atoms in total. The Bertz CT molecular complexity index is 275. The largest absolute Gasteiger partial charge is 0.398 e. The average molecular weight is 330 g/mol. The summed E-state index contributed by atoms with van der Waals surface area (Å²) in [6.45, 7) is 1.78. The van der Waals surface area contributed by atoms with Gasteiger partial charge in [0.2, 0.25) is 0 Å². The van der Waals surface area contributed by atoms with E-state index in [0.29, 0.717) is 10.2 Å². The highest BCUT2D eigenvalue weighted by Gasteiger charge is 2.08. The van der Waals surface area contributed by atoms with Crippen LogP contribution in [0, 0.1) is 16.3 Å². The molecule has 0 aliphatic carbocycles. The van der Waals surface area contributed by atoms with Gasteiger partial charge in [0.1, 0.15) is 5.82 Å². The zero-order valence-electron chi connectivity index (χ0n) is 5.79. The number of anilines is 1. The van der Waals surface area contributed by atoms with Crippen LogP contribution < -0.4 is 5.73 Å². The van der Waals surface area contributed by atoms with Gasteiger partial charge in [-0.15, -0.1) is 0 Å². The second-order valence-electron chi connectivity index (χ2n) is 2.19. The minimum absolute atomic E-state index is 0.263. The third-order valence-electron chi connectivity index (χ3n) is 1.45. The summed E-state index contributed by atoms with van der Waals surface area (Å²) in [5.41, 5.74) is 7.04. The Labute approximate surface area is 86.4 Å². The van der Waals surface area contributed by atoms with Crippen molar-refractivity contribution in [3.05, 3.63) is 25.5 Å². The number of hydrogen-bond donors (Lipinski definition) is 1. The Kier molecular flexibility index (Phi) is 2.74. The fraction of sp³-hybridized carbons (Fsp3) is 0.143. The van der Waals surface area contributed by atoms with Crippen LogP contribution in [0.4, 0.5) is 10.1 Å². The molecule has 0 bridgehead atoms. The van der Waals surface area contributed by atoms with E-state index in [1.54, 1.807) is 6.92 Å². The maximum Gasteiger partial charge on any atom is 0.138 e. The predicted molar refractivity (Wildman–Crippen MR) is 56.0 cm³/mol. The molecule has 1 rings (SSSR count). The highest BCUT2D eigenvalue weighted by molar-refractivity contribution is 14.1. The summed E-state index contributed by atoms with van der Waals surface area (Å²) in [4.78, 5) is 0. The van der Waals surface area contributed by atoms with Crippen molar-refractivity contribution in [3.8, 4) is 0 Å². The maximum absolute atomic E-state index is 12.9. The van der Waals surface area contributed by atoms with Gasteiger partial charge in [0.05, 0.1) is 4.47 Å². The Morgan fingerprint density at radius 3 is 2.73 bits per heavy atom. The number of rotatable bonds is 0. The Balaban J connectivity index is 3.46. The predicted octanol–water partition coefficient (Wildman–Crippen LogP) is 3.08. The van der Waals surface area contributed by atoms with Gasteiger partial charge in [-0.2, -0.15) is 0 Å². The van der Waals surface area contributed by atoms with Crippen LogP contribution in [0.1, 0.15) is 5.56 Å². The van der Waals surface area contributed by atoms with Gasteiger partial charge in [0.15, 0.2) is 0 Å². The minimum Gasteiger partial charge on any atom is -0.398 e. The highest BCUT2D eigenvalue weighted by Crippen LogP contribution is 2.28. The highest BCUT2D eigenvalue weighted by atomic mass is 127. The van der Waals surface area contributed by atoms with Gasteiger partial charge in [0.25, 0.3) is 0 Å². The van der Waals surface area contributed by atoms with Crippen LogP contribution in [-0.2, 0) is 0 Å². The van der Waals surface area contributed by atoms with E-state index in [4.69, 9.17) is 5.73 Å². The van der Waals surface area contributed by atoms with Gasteiger partial charge in [-0.05, 0) is 57.1 Å². The quantitative estimate of drug-likeness (QED) is 0.442. The third-order valence-corrected chi connectivity index (χ3v) is 3.32. The molecule has 0 saturated carbocycles. The van der Waals surface area contributed by atoms with Gasteiger partial charge < -0.3 is 5.73 Å². The van der Waals surface area contributed by atoms with Crippen molar-refractivity contribution in [2.24, 2.45) is 0 Å². The summed E-state index contributed by atoms with van der Waals surface area (Å²) in [5, 5.41) is 0. The topological polar surface area (TPSA) is 26.0 Å². The van der Waals surface area contributed by atoms with Crippen LogP contribution in [0.25, 0.3) is 0 Å². The van der Waals surface area contributed by atoms with Crippen LogP contribution in [0.5, 0.6) is 0 Å². The molecule has 0 amide bonds. The first-order chi connectivity index (χ1) is 5.04. The van der Waals surface area contributed by atoms with Gasteiger partial charge >= 0.3 is 0 Å². The van der Waals surface area contributed by atoms with E-state index in [-0.39, 0.29) is 5.82 Å². The van der Waals surface area contributed by atoms with Gasteiger partial charge in [-0.25, -0.2) is 4.39 Å². The molecule has 0 fully saturated rings. The fourth-order valence-electron chi connectivity index (χ4n) is 0.729. The van der Waals surface area contributed by atoms with Crippen molar-refractivity contribution < 1.29 is 4.39 Å². The molecule has 60 valence electrons. The van der Waals surface area contributed by atoms with Crippen LogP contribution in [0.15, 0.2) is 10.5 Å². The normalized spacial score (nSPS) is 10.2. The monoisotopic (exact) mass is 329 g/mol. The third kappa shape index (κ3) is 1.66. The minimum atomic E-state index is -0.263. The second kappa shape index (κ2) is 3.26. The molecule has 2 N–H and O–H groups in total. The Morgan fingerprint density at radius 2 is 2.18 bits per heavy atom. The number of halogens is 3. The summed E-state index contributed by atoms with van der Waals surface area (Å²) in [6, 6.07) is 1.41. The first-order valence-electron chi connectivity index (χ1n) is 2.93. The zero-order chi connectivity index (χ0) is 8.59. The van der Waals surface area contributed by atoms with E-state index in [1.807, 2.05) is 22.6 Å². The molecule has 4 heteroatoms. The number of benzene rings is 1. The molecule has 0 unspecified atom stereocenters. The summed E-state index contributed by atoms with van der Waals surface area (Å²) in [5.74, 6) is -0.263. The molecule has 1 aromatic rings. The summed E-state index contributed by atoms with van der Waals surface area (Å²) < 4.78 is 14.1. The smallest absolute Gasteiger partial charge is 0.138 e. The van der Waals surface area contributed by atoms with Crippen LogP contribution in [0.2, 0.25) is 0 Å². The van der Waals surface area contributed by atoms with Crippen molar-refractivity contribution in [3.63, 3.8) is 0 Å². The SMILES string of the molecule is Cc1c(N)c(I)cc(F)c1Br. The molecule has 0 atom stereocenters. The molecule has 0 aromatic heterocycles. The Hall–Kier alpha value is 0.160. The van der Waals surface area contributed by atoms with Crippen molar-refractivity contribution in [1.29, 1.82) is 0 Å². The molecular weight excluding hydrogens is 324 g/mol. The van der Waals surface area contributed by atoms with Crippen molar-refractivity contribution >= 4 is 44.2 Å². The maximum atomic E-state index is 12.9. The number of nitrogen functional groups attached to an aromatic ring is 1. The van der Waals surface area contributed by atoms with Crippen LogP contribution >= 0.6 is 38.5 Å². The molecule has 0 aliphatic heterocycles. The van der Waals surface area contributed by atoms with E-state index < -0.39 is 0 Å². The summed E-state index contributed by atoms with van der Waals surface area (Å²) in [6.07, 6.45) is 0. The molecule has 0 radical (unpaired) electrons. The van der Waals surface area contributed by atoms with Crippen molar-refractivity contribution in [1.82, 2.24) is 0 Å². The first kappa shape index (κ1) is 9.25. The van der Waals surface area contributed by atoms with Gasteiger partial charge in [0, 0.05) is 9.26 Å². The number of hydrogen-bond acceptors (Lipinski definition) is 1. The van der Waals surface area contributed by atoms with Gasteiger partial charge in [-0.1, -0.05) is 0 Å². The summed E-state index contributed by atoms with van der Waals surface area (Å²) in [7, 11) is 0. The lowest BCUT2D eigenvalue weighted by molar-refractivity contribution is 0.619. The second-order valence-corrected chi connectivity index (χ2v) is 4.15. The Morgan fingerprint density at radius 1 is 1.64 bits per heavy atom. The lowest BCUT2D eigenvalue weighted by Gasteiger charge is -2.05. The zero-order valence-corrected chi connectivity index (χ0v) is 9.53. The summed E-state index contributed by atoms with van der Waals surface area (Å²) >= 11 is 5.11. The first-order valence-corrected chi connectivity index (χ1v) is 4.80. The van der Waals surface area contributed by atoms with Crippen LogP contribution in [0.3, 0.4) is 0 Å². The average Bonchev–Trinajstić information content (AvgIpc) is 1.97.